The quantitative estimate of drug-likeness (QED) is 0.131. The van der Waals surface area contributed by atoms with Crippen molar-refractivity contribution in [2.75, 3.05) is 0 Å². The molecule has 0 atom stereocenters. The zero-order valence-corrected chi connectivity index (χ0v) is 31.9. The van der Waals surface area contributed by atoms with E-state index < -0.39 is 0 Å². The average molecular weight is 713 g/mol. The molecule has 8 aromatic carbocycles. The lowest BCUT2D eigenvalue weighted by Gasteiger charge is -2.30. The molecule has 1 aromatic heterocycles. The molecule has 1 nitrogen and oxygen atoms in total. The van der Waals surface area contributed by atoms with E-state index in [9.17, 15) is 0 Å². The van der Waals surface area contributed by atoms with Crippen LogP contribution in [-0.2, 0) is 0 Å². The molecule has 18 heteroatoms. The van der Waals surface area contributed by atoms with Crippen LogP contribution in [0, 0.1) is 0 Å². The fraction of sp³-hybridized carbons (Fsp3) is 0. The molecule has 0 spiro atoms. The predicted molar refractivity (Wildman–Crippen MR) is 274 cm³/mol. The molecule has 0 fully saturated rings. The number of benzene rings is 8. The van der Waals surface area contributed by atoms with Crippen molar-refractivity contribution in [3.8, 4) is 33.4 Å². The average Bonchev–Trinajstić information content (AvgIpc) is 3.66. The maximum Gasteiger partial charge on any atom is 0.141 e. The summed E-state index contributed by atoms with van der Waals surface area (Å²) in [5.41, 5.74) is 3.50. The first-order chi connectivity index (χ1) is 28.4. The molecule has 9 rings (SSSR count). The smallest absolute Gasteiger partial charge is 0.141 e. The third kappa shape index (κ3) is 5.31. The summed E-state index contributed by atoms with van der Waals surface area (Å²) >= 11 is 0. The lowest BCUT2D eigenvalue weighted by molar-refractivity contribution is 0.676. The van der Waals surface area contributed by atoms with Crippen LogP contribution in [0.3, 0.4) is 0 Å². The number of hydrogen-bond acceptors (Lipinski definition) is 1. The van der Waals surface area contributed by atoms with E-state index in [1.165, 1.54) is 0 Å². The predicted octanol–water partition coefficient (Wildman–Crippen LogP) is -8.46. The second kappa shape index (κ2) is 14.3. The van der Waals surface area contributed by atoms with Gasteiger partial charge < -0.3 is 4.42 Å². The SMILES string of the molecule is [B]c1c(-c2c3c([B])c([B])c([B])c([B])c3c(-c3ccccc3-c3ccccc3)c3c([B])c([B])c([B])c([B])c23)c([B])c2c(oc3c4c([B])c([B])c([B])c([B])c4c([B])c([B])c32)c1[B]. The van der Waals surface area contributed by atoms with Gasteiger partial charge in [-0.2, -0.15) is 0 Å². The third-order valence-corrected chi connectivity index (χ3v) is 11.8. The van der Waals surface area contributed by atoms with E-state index in [2.05, 4.69) is 0 Å². The lowest BCUT2D eigenvalue weighted by atomic mass is 9.58. The van der Waals surface area contributed by atoms with Gasteiger partial charge >= 0.3 is 0 Å². The summed E-state index contributed by atoms with van der Waals surface area (Å²) < 4.78 is 6.46. The summed E-state index contributed by atoms with van der Waals surface area (Å²) in [5, 5.41) is 2.06. The maximum absolute atomic E-state index is 7.31. The van der Waals surface area contributed by atoms with Gasteiger partial charge in [-0.1, -0.05) is 115 Å². The van der Waals surface area contributed by atoms with Gasteiger partial charge in [-0.05, 0) is 60.3 Å². The molecule has 1 heterocycles. The van der Waals surface area contributed by atoms with Crippen molar-refractivity contribution in [3.63, 3.8) is 0 Å². The van der Waals surface area contributed by atoms with Crippen LogP contribution in [0.4, 0.5) is 0 Å². The Morgan fingerprint density at radius 2 is 0.583 bits per heavy atom. The van der Waals surface area contributed by atoms with Crippen LogP contribution in [0.5, 0.6) is 0 Å². The van der Waals surface area contributed by atoms with E-state index in [-0.39, 0.29) is 147 Å². The first kappa shape index (κ1) is 40.8. The normalized spacial score (nSPS) is 11.8. The van der Waals surface area contributed by atoms with E-state index in [0.29, 0.717) is 21.9 Å². The minimum Gasteiger partial charge on any atom is -0.456 e. The fourth-order valence-electron chi connectivity index (χ4n) is 8.76. The molecule has 0 aliphatic carbocycles. The maximum atomic E-state index is 7.31. The molecule has 0 aliphatic rings. The largest absolute Gasteiger partial charge is 0.456 e. The van der Waals surface area contributed by atoms with Crippen molar-refractivity contribution >= 4 is 281 Å². The summed E-state index contributed by atoms with van der Waals surface area (Å²) in [6, 6.07) is 17.3. The van der Waals surface area contributed by atoms with Crippen LogP contribution in [0.25, 0.3) is 87.6 Å². The number of furan rings is 1. The molecular weight excluding hydrogens is 704 g/mol. The Morgan fingerprint density at radius 1 is 0.233 bits per heavy atom. The van der Waals surface area contributed by atoms with E-state index in [4.69, 9.17) is 138 Å². The number of rotatable bonds is 3. The zero-order valence-electron chi connectivity index (χ0n) is 31.9. The monoisotopic (exact) mass is 716 g/mol. The summed E-state index contributed by atoms with van der Waals surface area (Å²) in [6.45, 7) is 0. The van der Waals surface area contributed by atoms with Gasteiger partial charge in [0.05, 0.1) is 0 Å². The fourth-order valence-corrected chi connectivity index (χ4v) is 8.76. The highest BCUT2D eigenvalue weighted by Crippen LogP contribution is 2.43. The van der Waals surface area contributed by atoms with Crippen molar-refractivity contribution in [2.24, 2.45) is 0 Å². The minimum atomic E-state index is -0.0621. The number of fused-ring (bicyclic) bond motifs is 7. The molecule has 0 saturated carbocycles. The Balaban J connectivity index is 1.59. The van der Waals surface area contributed by atoms with Crippen LogP contribution in [0.1, 0.15) is 0 Å². The Kier molecular flexibility index (Phi) is 9.70. The molecule has 60 heavy (non-hydrogen) atoms. The van der Waals surface area contributed by atoms with Crippen molar-refractivity contribution in [1.82, 2.24) is 0 Å². The molecule has 0 saturated heterocycles. The Hall–Kier alpha value is -4.56. The molecule has 0 bridgehead atoms. The van der Waals surface area contributed by atoms with Crippen LogP contribution >= 0.6 is 0 Å². The van der Waals surface area contributed by atoms with Gasteiger partial charge in [0.15, 0.2) is 0 Å². The summed E-state index contributed by atoms with van der Waals surface area (Å²) in [5.74, 6) is 0. The zero-order chi connectivity index (χ0) is 43.1. The van der Waals surface area contributed by atoms with Crippen LogP contribution in [0.15, 0.2) is 59.0 Å². The van der Waals surface area contributed by atoms with Gasteiger partial charge in [-0.25, -0.2) is 0 Å². The highest BCUT2D eigenvalue weighted by atomic mass is 16.3. The topological polar surface area (TPSA) is 13.1 Å². The second-order valence-corrected chi connectivity index (χ2v) is 14.8. The van der Waals surface area contributed by atoms with Gasteiger partial charge in [0.2, 0.25) is 0 Å². The lowest BCUT2D eigenvalue weighted by Crippen LogP contribution is -2.50. The van der Waals surface area contributed by atoms with Crippen molar-refractivity contribution in [3.05, 3.63) is 54.6 Å². The molecule has 0 N–H and O–H groups in total. The molecule has 9 aromatic rings. The highest BCUT2D eigenvalue weighted by Gasteiger charge is 2.29. The van der Waals surface area contributed by atoms with Crippen molar-refractivity contribution < 1.29 is 4.42 Å². The standard InChI is InChI=1S/C42H9B17O/c43-24-19(31(50)40(59)42-22(24)23-32(51)29(48)20-21(41(23)60-42)33(52)39(58)38(57)30(20)49)14-17-15(25(44)34(53)36(55)27(17)46)13(16-18(14)28(47)37(56)35(54)26(16)45)12-9-5-4-8-11(12)10-6-2-1-3-7-10/h1-9H. The molecular formula is C42H9B17O. The highest BCUT2D eigenvalue weighted by molar-refractivity contribution is 6.74. The molecule has 34 radical (unpaired) electrons. The van der Waals surface area contributed by atoms with Gasteiger partial charge in [-0.3, -0.25) is 0 Å². The molecule has 234 valence electrons. The molecule has 0 aliphatic heterocycles. The summed E-state index contributed by atoms with van der Waals surface area (Å²) in [7, 11) is 115. The van der Waals surface area contributed by atoms with E-state index in [1.807, 2.05) is 54.6 Å². The van der Waals surface area contributed by atoms with Gasteiger partial charge in [0.1, 0.15) is 145 Å². The third-order valence-electron chi connectivity index (χ3n) is 11.8. The summed E-state index contributed by atoms with van der Waals surface area (Å²) in [6.07, 6.45) is 0. The second-order valence-electron chi connectivity index (χ2n) is 14.8. The van der Waals surface area contributed by atoms with Crippen LogP contribution in [0.2, 0.25) is 0 Å². The van der Waals surface area contributed by atoms with E-state index in [0.717, 1.165) is 11.1 Å². The van der Waals surface area contributed by atoms with Crippen molar-refractivity contribution in [1.29, 1.82) is 0 Å². The van der Waals surface area contributed by atoms with E-state index in [1.54, 1.807) is 0 Å². The van der Waals surface area contributed by atoms with Crippen molar-refractivity contribution in [2.45, 2.75) is 0 Å². The Morgan fingerprint density at radius 3 is 1.08 bits per heavy atom. The number of hydrogen-bond donors (Lipinski definition) is 0. The van der Waals surface area contributed by atoms with Gasteiger partial charge in [-0.15, -0.1) is 32.8 Å². The van der Waals surface area contributed by atoms with Gasteiger partial charge in [0.25, 0.3) is 0 Å². The van der Waals surface area contributed by atoms with Crippen LogP contribution in [-0.4, -0.2) is 133 Å². The molecule has 0 unspecified atom stereocenters. The Bertz CT molecular complexity index is 3370. The van der Waals surface area contributed by atoms with E-state index >= 15 is 0 Å². The van der Waals surface area contributed by atoms with Gasteiger partial charge in [0, 0.05) is 16.2 Å². The summed E-state index contributed by atoms with van der Waals surface area (Å²) in [4.78, 5) is 0. The van der Waals surface area contributed by atoms with Crippen LogP contribution < -0.4 is 92.9 Å². The first-order valence-electron chi connectivity index (χ1n) is 18.3. The first-order valence-corrected chi connectivity index (χ1v) is 18.3. The minimum absolute atomic E-state index is 0.00219. The Labute approximate surface area is 370 Å². The molecule has 0 amide bonds.